The number of hydrogen-bond donors (Lipinski definition) is 1. The van der Waals surface area contributed by atoms with E-state index in [0.717, 1.165) is 16.8 Å². The second-order valence-corrected chi connectivity index (χ2v) is 4.61. The second kappa shape index (κ2) is 5.15. The number of nitrogens with two attached hydrogens (primary N) is 1. The van der Waals surface area contributed by atoms with Crippen LogP contribution in [0.3, 0.4) is 0 Å². The van der Waals surface area contributed by atoms with Gasteiger partial charge in [0.25, 0.3) is 0 Å². The summed E-state index contributed by atoms with van der Waals surface area (Å²) in [6.07, 6.45) is 0.682. The molecule has 0 bridgehead atoms. The lowest BCUT2D eigenvalue weighted by Gasteiger charge is -2.09. The van der Waals surface area contributed by atoms with Crippen LogP contribution < -0.4 is 5.73 Å². The number of rotatable bonds is 3. The number of anilines is 1. The molecule has 3 nitrogen and oxygen atoms in total. The van der Waals surface area contributed by atoms with Crippen LogP contribution in [-0.4, -0.2) is 4.57 Å². The van der Waals surface area contributed by atoms with E-state index in [4.69, 9.17) is 11.0 Å². The summed E-state index contributed by atoms with van der Waals surface area (Å²) in [6.45, 7) is 4.48. The SMILES string of the molecule is Cc1c(C#N)c(N)n(CCc2cccc(F)c2)c1C. The molecule has 2 rings (SSSR count). The van der Waals surface area contributed by atoms with Crippen molar-refractivity contribution < 1.29 is 4.39 Å². The maximum Gasteiger partial charge on any atom is 0.123 e. The maximum absolute atomic E-state index is 13.1. The molecule has 2 aromatic rings. The van der Waals surface area contributed by atoms with Gasteiger partial charge in [0, 0.05) is 12.2 Å². The van der Waals surface area contributed by atoms with Crippen molar-refractivity contribution in [2.45, 2.75) is 26.8 Å². The predicted molar refractivity (Wildman–Crippen MR) is 73.1 cm³/mol. The van der Waals surface area contributed by atoms with Crippen molar-refractivity contribution in [2.75, 3.05) is 5.73 Å². The normalized spacial score (nSPS) is 10.4. The van der Waals surface area contributed by atoms with Crippen LogP contribution in [0.2, 0.25) is 0 Å². The Kier molecular flexibility index (Phi) is 3.57. The van der Waals surface area contributed by atoms with E-state index in [9.17, 15) is 4.39 Å². The number of halogens is 1. The molecule has 0 saturated carbocycles. The molecule has 0 atom stereocenters. The standard InChI is InChI=1S/C15H16FN3/c1-10-11(2)19(15(18)14(10)9-17)7-6-12-4-3-5-13(16)8-12/h3-5,8H,6-7,18H2,1-2H3. The largest absolute Gasteiger partial charge is 0.384 e. The van der Waals surface area contributed by atoms with Crippen LogP contribution in [0, 0.1) is 31.0 Å². The van der Waals surface area contributed by atoms with E-state index in [1.165, 1.54) is 12.1 Å². The van der Waals surface area contributed by atoms with Gasteiger partial charge in [-0.25, -0.2) is 4.39 Å². The molecule has 0 aliphatic heterocycles. The van der Waals surface area contributed by atoms with Crippen molar-refractivity contribution in [1.29, 1.82) is 5.26 Å². The first-order valence-corrected chi connectivity index (χ1v) is 6.14. The van der Waals surface area contributed by atoms with Crippen LogP contribution in [-0.2, 0) is 13.0 Å². The number of nitriles is 1. The van der Waals surface area contributed by atoms with Gasteiger partial charge in [-0.15, -0.1) is 0 Å². The molecular weight excluding hydrogens is 241 g/mol. The predicted octanol–water partition coefficient (Wildman–Crippen LogP) is 2.94. The quantitative estimate of drug-likeness (QED) is 0.919. The summed E-state index contributed by atoms with van der Waals surface area (Å²) in [4.78, 5) is 0. The summed E-state index contributed by atoms with van der Waals surface area (Å²) in [5, 5.41) is 9.07. The molecule has 0 aliphatic rings. The fraction of sp³-hybridized carbons (Fsp3) is 0.267. The van der Waals surface area contributed by atoms with Crippen molar-refractivity contribution in [3.63, 3.8) is 0 Å². The Labute approximate surface area is 112 Å². The minimum absolute atomic E-state index is 0.233. The van der Waals surface area contributed by atoms with E-state index >= 15 is 0 Å². The molecule has 4 heteroatoms. The molecule has 2 N–H and O–H groups in total. The first kappa shape index (κ1) is 13.2. The number of aryl methyl sites for hydroxylation is 1. The minimum Gasteiger partial charge on any atom is -0.384 e. The Bertz CT molecular complexity index is 650. The van der Waals surface area contributed by atoms with Gasteiger partial charge in [0.1, 0.15) is 17.7 Å². The van der Waals surface area contributed by atoms with Crippen LogP contribution in [0.4, 0.5) is 10.2 Å². The van der Waals surface area contributed by atoms with Crippen molar-refractivity contribution in [1.82, 2.24) is 4.57 Å². The molecule has 0 saturated heterocycles. The third kappa shape index (κ3) is 2.45. The number of nitrogen functional groups attached to an aromatic ring is 1. The summed E-state index contributed by atoms with van der Waals surface area (Å²) in [5.41, 5.74) is 9.34. The molecule has 0 radical (unpaired) electrons. The van der Waals surface area contributed by atoms with Crippen LogP contribution in [0.25, 0.3) is 0 Å². The minimum atomic E-state index is -0.233. The summed E-state index contributed by atoms with van der Waals surface area (Å²) < 4.78 is 15.0. The average molecular weight is 257 g/mol. The maximum atomic E-state index is 13.1. The summed E-state index contributed by atoms with van der Waals surface area (Å²) in [6, 6.07) is 8.66. The topological polar surface area (TPSA) is 54.7 Å². The molecule has 0 fully saturated rings. The second-order valence-electron chi connectivity index (χ2n) is 4.61. The van der Waals surface area contributed by atoms with Crippen molar-refractivity contribution >= 4 is 5.82 Å². The summed E-state index contributed by atoms with van der Waals surface area (Å²) >= 11 is 0. The molecule has 1 aromatic heterocycles. The first-order valence-electron chi connectivity index (χ1n) is 6.14. The zero-order valence-corrected chi connectivity index (χ0v) is 11.1. The van der Waals surface area contributed by atoms with Crippen LogP contribution >= 0.6 is 0 Å². The van der Waals surface area contributed by atoms with Gasteiger partial charge in [0.15, 0.2) is 0 Å². The lowest BCUT2D eigenvalue weighted by atomic mass is 10.1. The van der Waals surface area contributed by atoms with Crippen molar-refractivity contribution in [2.24, 2.45) is 0 Å². The third-order valence-electron chi connectivity index (χ3n) is 3.49. The van der Waals surface area contributed by atoms with E-state index in [-0.39, 0.29) is 5.82 Å². The monoisotopic (exact) mass is 257 g/mol. The van der Waals surface area contributed by atoms with Crippen molar-refractivity contribution in [3.8, 4) is 6.07 Å². The van der Waals surface area contributed by atoms with E-state index in [2.05, 4.69) is 6.07 Å². The summed E-state index contributed by atoms with van der Waals surface area (Å²) in [5.74, 6) is 0.262. The molecule has 19 heavy (non-hydrogen) atoms. The molecule has 0 amide bonds. The molecule has 1 heterocycles. The number of benzene rings is 1. The molecular formula is C15H16FN3. The highest BCUT2D eigenvalue weighted by atomic mass is 19.1. The fourth-order valence-corrected chi connectivity index (χ4v) is 2.25. The highest BCUT2D eigenvalue weighted by Gasteiger charge is 2.14. The van der Waals surface area contributed by atoms with Gasteiger partial charge in [-0.05, 0) is 43.5 Å². The Morgan fingerprint density at radius 2 is 2.11 bits per heavy atom. The van der Waals surface area contributed by atoms with Gasteiger partial charge >= 0.3 is 0 Å². The van der Waals surface area contributed by atoms with E-state index < -0.39 is 0 Å². The first-order chi connectivity index (χ1) is 9.04. The van der Waals surface area contributed by atoms with E-state index in [0.29, 0.717) is 24.3 Å². The van der Waals surface area contributed by atoms with Gasteiger partial charge < -0.3 is 10.3 Å². The Balaban J connectivity index is 2.24. The highest BCUT2D eigenvalue weighted by Crippen LogP contribution is 2.23. The molecule has 0 spiro atoms. The summed E-state index contributed by atoms with van der Waals surface area (Å²) in [7, 11) is 0. The smallest absolute Gasteiger partial charge is 0.123 e. The van der Waals surface area contributed by atoms with E-state index in [1.807, 2.05) is 24.5 Å². The Morgan fingerprint density at radius 1 is 1.37 bits per heavy atom. The van der Waals surface area contributed by atoms with Crippen LogP contribution in [0.1, 0.15) is 22.4 Å². The molecule has 0 unspecified atom stereocenters. The Morgan fingerprint density at radius 3 is 2.68 bits per heavy atom. The van der Waals surface area contributed by atoms with Crippen molar-refractivity contribution in [3.05, 3.63) is 52.5 Å². The van der Waals surface area contributed by atoms with Gasteiger partial charge in [-0.3, -0.25) is 0 Å². The number of nitrogens with zero attached hydrogens (tertiary/aromatic N) is 2. The van der Waals surface area contributed by atoms with E-state index in [1.54, 1.807) is 6.07 Å². The van der Waals surface area contributed by atoms with Crippen LogP contribution in [0.15, 0.2) is 24.3 Å². The lowest BCUT2D eigenvalue weighted by molar-refractivity contribution is 0.621. The average Bonchev–Trinajstić information content (AvgIpc) is 2.58. The molecule has 98 valence electrons. The number of aromatic nitrogens is 1. The van der Waals surface area contributed by atoms with Crippen LogP contribution in [0.5, 0.6) is 0 Å². The van der Waals surface area contributed by atoms with Gasteiger partial charge in [-0.1, -0.05) is 12.1 Å². The number of hydrogen-bond acceptors (Lipinski definition) is 2. The molecule has 1 aromatic carbocycles. The zero-order valence-electron chi connectivity index (χ0n) is 11.1. The third-order valence-corrected chi connectivity index (χ3v) is 3.49. The zero-order chi connectivity index (χ0) is 14.0. The lowest BCUT2D eigenvalue weighted by Crippen LogP contribution is -2.07. The Hall–Kier alpha value is -2.28. The molecule has 0 aliphatic carbocycles. The van der Waals surface area contributed by atoms with Gasteiger partial charge in [0.05, 0.1) is 5.56 Å². The van der Waals surface area contributed by atoms with Gasteiger partial charge in [-0.2, -0.15) is 5.26 Å². The highest BCUT2D eigenvalue weighted by molar-refractivity contribution is 5.57. The van der Waals surface area contributed by atoms with Gasteiger partial charge in [0.2, 0.25) is 0 Å². The fourth-order valence-electron chi connectivity index (χ4n) is 2.25.